The zero-order chi connectivity index (χ0) is 13.0. The maximum atomic E-state index is 12.4. The van der Waals surface area contributed by atoms with E-state index < -0.39 is 0 Å². The Morgan fingerprint density at radius 1 is 1.28 bits per heavy atom. The molecule has 0 aromatic heterocycles. The Morgan fingerprint density at radius 3 is 2.61 bits per heavy atom. The summed E-state index contributed by atoms with van der Waals surface area (Å²) in [6, 6.07) is 7.99. The smallest absolute Gasteiger partial charge is 0.256 e. The van der Waals surface area contributed by atoms with Crippen molar-refractivity contribution in [1.82, 2.24) is 4.90 Å². The van der Waals surface area contributed by atoms with Crippen molar-refractivity contribution in [3.8, 4) is 0 Å². The van der Waals surface area contributed by atoms with Crippen LogP contribution >= 0.6 is 0 Å². The molecule has 98 valence electrons. The monoisotopic (exact) mass is 248 g/mol. The minimum atomic E-state index is 0.0852. The fraction of sp³-hybridized carbons (Fsp3) is 0.500. The first-order valence-electron chi connectivity index (χ1n) is 6.41. The van der Waals surface area contributed by atoms with Gasteiger partial charge >= 0.3 is 0 Å². The molecule has 1 aliphatic heterocycles. The number of amides is 1. The van der Waals surface area contributed by atoms with Crippen molar-refractivity contribution in [3.63, 3.8) is 0 Å². The summed E-state index contributed by atoms with van der Waals surface area (Å²) in [5.41, 5.74) is 1.65. The predicted octanol–water partition coefficient (Wildman–Crippen LogP) is 1.98. The number of rotatable bonds is 3. The Balaban J connectivity index is 2.18. The molecule has 1 heterocycles. The lowest BCUT2D eigenvalue weighted by atomic mass is 10.1. The summed E-state index contributed by atoms with van der Waals surface area (Å²) < 4.78 is 5.27. The zero-order valence-electron chi connectivity index (χ0n) is 11.0. The van der Waals surface area contributed by atoms with Gasteiger partial charge in [-0.3, -0.25) is 4.79 Å². The summed E-state index contributed by atoms with van der Waals surface area (Å²) >= 11 is 0. The molecule has 0 radical (unpaired) electrons. The number of anilines is 1. The van der Waals surface area contributed by atoms with Crippen molar-refractivity contribution in [2.45, 2.75) is 19.9 Å². The number of hydrogen-bond donors (Lipinski definition) is 1. The van der Waals surface area contributed by atoms with Crippen LogP contribution in [0.1, 0.15) is 24.2 Å². The van der Waals surface area contributed by atoms with Gasteiger partial charge < -0.3 is 15.0 Å². The van der Waals surface area contributed by atoms with Gasteiger partial charge in [-0.15, -0.1) is 0 Å². The van der Waals surface area contributed by atoms with Gasteiger partial charge in [-0.2, -0.15) is 0 Å². The number of para-hydroxylation sites is 1. The lowest BCUT2D eigenvalue weighted by molar-refractivity contribution is 0.0303. The van der Waals surface area contributed by atoms with Crippen molar-refractivity contribution in [1.29, 1.82) is 0 Å². The van der Waals surface area contributed by atoms with E-state index in [0.717, 1.165) is 11.3 Å². The number of nitrogens with one attached hydrogen (secondary N) is 1. The van der Waals surface area contributed by atoms with E-state index in [-0.39, 0.29) is 5.91 Å². The van der Waals surface area contributed by atoms with Crippen molar-refractivity contribution in [3.05, 3.63) is 29.8 Å². The van der Waals surface area contributed by atoms with Crippen LogP contribution in [0.4, 0.5) is 5.69 Å². The van der Waals surface area contributed by atoms with Crippen molar-refractivity contribution in [2.24, 2.45) is 0 Å². The summed E-state index contributed by atoms with van der Waals surface area (Å²) in [5.74, 6) is 0.0852. The minimum Gasteiger partial charge on any atom is -0.382 e. The van der Waals surface area contributed by atoms with Crippen molar-refractivity contribution >= 4 is 11.6 Å². The Kier molecular flexibility index (Phi) is 4.20. The third kappa shape index (κ3) is 3.01. The van der Waals surface area contributed by atoms with Gasteiger partial charge in [0.1, 0.15) is 0 Å². The lowest BCUT2D eigenvalue weighted by Crippen LogP contribution is -2.41. The molecule has 0 saturated carbocycles. The van der Waals surface area contributed by atoms with Gasteiger partial charge in [-0.05, 0) is 26.0 Å². The predicted molar refractivity (Wildman–Crippen MR) is 71.9 cm³/mol. The van der Waals surface area contributed by atoms with Gasteiger partial charge in [0.25, 0.3) is 5.91 Å². The number of benzene rings is 1. The molecule has 4 nitrogen and oxygen atoms in total. The quantitative estimate of drug-likeness (QED) is 0.889. The van der Waals surface area contributed by atoms with Gasteiger partial charge in [-0.1, -0.05) is 12.1 Å². The fourth-order valence-corrected chi connectivity index (χ4v) is 2.04. The molecule has 0 bridgehead atoms. The van der Waals surface area contributed by atoms with Gasteiger partial charge in [0, 0.05) is 24.8 Å². The van der Waals surface area contributed by atoms with E-state index in [2.05, 4.69) is 19.2 Å². The second-order valence-corrected chi connectivity index (χ2v) is 4.75. The molecule has 4 heteroatoms. The van der Waals surface area contributed by atoms with Gasteiger partial charge in [0.05, 0.1) is 18.8 Å². The summed E-state index contributed by atoms with van der Waals surface area (Å²) in [6.45, 7) is 6.74. The second kappa shape index (κ2) is 5.87. The third-order valence-electron chi connectivity index (χ3n) is 2.90. The number of morpholine rings is 1. The number of nitrogens with zero attached hydrogens (tertiary/aromatic N) is 1. The Labute approximate surface area is 108 Å². The molecule has 1 N–H and O–H groups in total. The Hall–Kier alpha value is -1.55. The topological polar surface area (TPSA) is 41.6 Å². The maximum Gasteiger partial charge on any atom is 0.256 e. The van der Waals surface area contributed by atoms with Crippen LogP contribution in [0.2, 0.25) is 0 Å². The van der Waals surface area contributed by atoms with Gasteiger partial charge in [0.15, 0.2) is 0 Å². The normalized spacial score (nSPS) is 15.8. The standard InChI is InChI=1S/C14H20N2O2/c1-11(2)15-13-6-4-3-5-12(13)14(17)16-7-9-18-10-8-16/h3-6,11,15H,7-10H2,1-2H3. The highest BCUT2D eigenvalue weighted by molar-refractivity contribution is 5.99. The van der Waals surface area contributed by atoms with E-state index in [1.807, 2.05) is 29.2 Å². The van der Waals surface area contributed by atoms with Crippen LogP contribution in [0.15, 0.2) is 24.3 Å². The number of ether oxygens (including phenoxy) is 1. The average molecular weight is 248 g/mol. The van der Waals surface area contributed by atoms with E-state index in [1.165, 1.54) is 0 Å². The van der Waals surface area contributed by atoms with Crippen molar-refractivity contribution < 1.29 is 9.53 Å². The van der Waals surface area contributed by atoms with Gasteiger partial charge in [0.2, 0.25) is 0 Å². The van der Waals surface area contributed by atoms with Crippen molar-refractivity contribution in [2.75, 3.05) is 31.6 Å². The van der Waals surface area contributed by atoms with Crippen LogP contribution in [-0.2, 0) is 4.74 Å². The molecule has 2 rings (SSSR count). The summed E-state index contributed by atoms with van der Waals surface area (Å²) in [4.78, 5) is 14.3. The largest absolute Gasteiger partial charge is 0.382 e. The maximum absolute atomic E-state index is 12.4. The first kappa shape index (κ1) is 12.9. The molecule has 0 atom stereocenters. The second-order valence-electron chi connectivity index (χ2n) is 4.75. The van der Waals surface area contributed by atoms with Gasteiger partial charge in [-0.25, -0.2) is 0 Å². The highest BCUT2D eigenvalue weighted by Crippen LogP contribution is 2.18. The molecule has 1 aliphatic rings. The van der Waals surface area contributed by atoms with Crippen LogP contribution in [-0.4, -0.2) is 43.2 Å². The lowest BCUT2D eigenvalue weighted by Gasteiger charge is -2.28. The summed E-state index contributed by atoms with van der Waals surface area (Å²) in [5, 5.41) is 3.31. The molecule has 1 saturated heterocycles. The third-order valence-corrected chi connectivity index (χ3v) is 2.90. The first-order chi connectivity index (χ1) is 8.68. The summed E-state index contributed by atoms with van der Waals surface area (Å²) in [6.07, 6.45) is 0. The van der Waals surface area contributed by atoms with E-state index in [9.17, 15) is 4.79 Å². The molecule has 1 aromatic rings. The molecular formula is C14H20N2O2. The minimum absolute atomic E-state index is 0.0852. The molecule has 18 heavy (non-hydrogen) atoms. The Bertz CT molecular complexity index is 412. The first-order valence-corrected chi connectivity index (χ1v) is 6.41. The zero-order valence-corrected chi connectivity index (χ0v) is 11.0. The molecule has 0 unspecified atom stereocenters. The van der Waals surface area contributed by atoms with Crippen LogP contribution in [0.25, 0.3) is 0 Å². The van der Waals surface area contributed by atoms with Crippen LogP contribution in [0.5, 0.6) is 0 Å². The molecule has 0 spiro atoms. The van der Waals surface area contributed by atoms with E-state index in [0.29, 0.717) is 32.3 Å². The highest BCUT2D eigenvalue weighted by atomic mass is 16.5. The number of hydrogen-bond acceptors (Lipinski definition) is 3. The molecular weight excluding hydrogens is 228 g/mol. The van der Waals surface area contributed by atoms with Crippen LogP contribution in [0, 0.1) is 0 Å². The number of carbonyl (C=O) groups is 1. The SMILES string of the molecule is CC(C)Nc1ccccc1C(=O)N1CCOCC1. The molecule has 1 amide bonds. The fourth-order valence-electron chi connectivity index (χ4n) is 2.04. The number of carbonyl (C=O) groups excluding carboxylic acids is 1. The highest BCUT2D eigenvalue weighted by Gasteiger charge is 2.20. The average Bonchev–Trinajstić information content (AvgIpc) is 2.39. The van der Waals surface area contributed by atoms with E-state index >= 15 is 0 Å². The van der Waals surface area contributed by atoms with E-state index in [1.54, 1.807) is 0 Å². The Morgan fingerprint density at radius 2 is 1.94 bits per heavy atom. The van der Waals surface area contributed by atoms with E-state index in [4.69, 9.17) is 4.74 Å². The summed E-state index contributed by atoms with van der Waals surface area (Å²) in [7, 11) is 0. The van der Waals surface area contributed by atoms with Crippen LogP contribution < -0.4 is 5.32 Å². The molecule has 1 aromatic carbocycles. The molecule has 1 fully saturated rings. The molecule has 0 aliphatic carbocycles. The van der Waals surface area contributed by atoms with Crippen LogP contribution in [0.3, 0.4) is 0 Å².